The third-order valence-corrected chi connectivity index (χ3v) is 6.06. The van der Waals surface area contributed by atoms with Gasteiger partial charge in [0.25, 0.3) is 0 Å². The van der Waals surface area contributed by atoms with Crippen molar-refractivity contribution in [3.05, 3.63) is 23.5 Å². The van der Waals surface area contributed by atoms with Gasteiger partial charge in [-0.2, -0.15) is 14.6 Å². The number of aromatic nitrogens is 3. The molecule has 26 heavy (non-hydrogen) atoms. The summed E-state index contributed by atoms with van der Waals surface area (Å²) >= 11 is 1.41. The summed E-state index contributed by atoms with van der Waals surface area (Å²) in [5.41, 5.74) is 2.04. The van der Waals surface area contributed by atoms with Gasteiger partial charge in [0.05, 0.1) is 23.7 Å². The Balaban J connectivity index is 1.51. The number of aryl methyl sites for hydroxylation is 2. The highest BCUT2D eigenvalue weighted by molar-refractivity contribution is 7.10. The Labute approximate surface area is 157 Å². The molecular formula is C18H23N7S. The molecule has 2 aliphatic rings. The number of nitriles is 1. The fraction of sp³-hybridized carbons (Fsp3) is 0.556. The van der Waals surface area contributed by atoms with Crippen LogP contribution in [-0.4, -0.2) is 51.0 Å². The van der Waals surface area contributed by atoms with Gasteiger partial charge in [-0.1, -0.05) is 0 Å². The van der Waals surface area contributed by atoms with Gasteiger partial charge < -0.3 is 10.2 Å². The van der Waals surface area contributed by atoms with Crippen LogP contribution in [0.3, 0.4) is 0 Å². The minimum Gasteiger partial charge on any atom is -0.352 e. The third-order valence-electron chi connectivity index (χ3n) is 5.26. The first-order valence-electron chi connectivity index (χ1n) is 9.01. The Kier molecular flexibility index (Phi) is 4.51. The molecule has 0 saturated carbocycles. The number of likely N-dealkylation sites (tertiary alicyclic amines) is 1. The van der Waals surface area contributed by atoms with Crippen LogP contribution in [-0.2, 0) is 0 Å². The lowest BCUT2D eigenvalue weighted by molar-refractivity contribution is 0.0864. The lowest BCUT2D eigenvalue weighted by Crippen LogP contribution is -2.70. The summed E-state index contributed by atoms with van der Waals surface area (Å²) in [5.74, 6) is 1.55. The normalized spacial score (nSPS) is 19.2. The van der Waals surface area contributed by atoms with Gasteiger partial charge in [0, 0.05) is 24.8 Å². The molecule has 2 aliphatic heterocycles. The van der Waals surface area contributed by atoms with Gasteiger partial charge in [0.15, 0.2) is 0 Å². The summed E-state index contributed by atoms with van der Waals surface area (Å²) in [5, 5.41) is 13.5. The molecule has 0 unspecified atom stereocenters. The van der Waals surface area contributed by atoms with E-state index in [1.54, 1.807) is 0 Å². The molecule has 0 radical (unpaired) electrons. The van der Waals surface area contributed by atoms with E-state index in [9.17, 15) is 5.26 Å². The molecule has 1 N–H and O–H groups in total. The molecular weight excluding hydrogens is 346 g/mol. The monoisotopic (exact) mass is 369 g/mol. The van der Waals surface area contributed by atoms with Gasteiger partial charge in [-0.25, -0.2) is 4.98 Å². The highest BCUT2D eigenvalue weighted by Gasteiger charge is 2.48. The molecule has 4 rings (SSSR count). The van der Waals surface area contributed by atoms with Crippen molar-refractivity contribution in [2.75, 3.05) is 36.4 Å². The molecule has 4 heterocycles. The highest BCUT2D eigenvalue weighted by Crippen LogP contribution is 2.37. The van der Waals surface area contributed by atoms with Crippen molar-refractivity contribution < 1.29 is 0 Å². The van der Waals surface area contributed by atoms with E-state index in [0.717, 1.165) is 48.3 Å². The Morgan fingerprint density at radius 3 is 2.73 bits per heavy atom. The standard InChI is InChI=1S/C18H23N7S/c1-13-10-20-17(21-15-9-14(2)23-26-15)22-16(13)24-11-18(12-24,5-6-19)25-7-3-4-8-25/h9-10H,3-5,7-8,11-12H2,1-2H3,(H,20,21,22). The second-order valence-corrected chi connectivity index (χ2v) is 8.07. The molecule has 8 heteroatoms. The van der Waals surface area contributed by atoms with Crippen molar-refractivity contribution in [2.24, 2.45) is 0 Å². The van der Waals surface area contributed by atoms with Crippen molar-refractivity contribution in [3.8, 4) is 6.07 Å². The SMILES string of the molecule is Cc1cc(Nc2ncc(C)c(N3CC(CC#N)(N4CCCC4)C3)n2)sn1. The minimum absolute atomic E-state index is 0.00891. The first-order chi connectivity index (χ1) is 12.6. The van der Waals surface area contributed by atoms with Crippen molar-refractivity contribution in [3.63, 3.8) is 0 Å². The first-order valence-corrected chi connectivity index (χ1v) is 9.78. The molecule has 2 aromatic heterocycles. The van der Waals surface area contributed by atoms with Gasteiger partial charge in [-0.3, -0.25) is 4.90 Å². The van der Waals surface area contributed by atoms with E-state index >= 15 is 0 Å². The zero-order valence-corrected chi connectivity index (χ0v) is 16.0. The molecule has 0 bridgehead atoms. The van der Waals surface area contributed by atoms with E-state index in [-0.39, 0.29) is 5.54 Å². The molecule has 0 spiro atoms. The lowest BCUT2D eigenvalue weighted by atomic mass is 9.84. The molecule has 136 valence electrons. The van der Waals surface area contributed by atoms with Crippen LogP contribution in [0, 0.1) is 25.2 Å². The second-order valence-electron chi connectivity index (χ2n) is 7.27. The number of hydrogen-bond acceptors (Lipinski definition) is 8. The number of anilines is 3. The minimum atomic E-state index is -0.00891. The molecule has 2 saturated heterocycles. The second kappa shape index (κ2) is 6.82. The zero-order valence-electron chi connectivity index (χ0n) is 15.2. The summed E-state index contributed by atoms with van der Waals surface area (Å²) in [4.78, 5) is 13.9. The quantitative estimate of drug-likeness (QED) is 0.868. The highest BCUT2D eigenvalue weighted by atomic mass is 32.1. The zero-order chi connectivity index (χ0) is 18.1. The van der Waals surface area contributed by atoms with Crippen molar-refractivity contribution in [2.45, 2.75) is 38.6 Å². The summed E-state index contributed by atoms with van der Waals surface area (Å²) in [6.45, 7) is 7.94. The van der Waals surface area contributed by atoms with Crippen LogP contribution in [0.5, 0.6) is 0 Å². The molecule has 0 atom stereocenters. The average molecular weight is 369 g/mol. The molecule has 0 aliphatic carbocycles. The Hall–Kier alpha value is -2.24. The number of rotatable bonds is 5. The maximum absolute atomic E-state index is 9.31. The van der Waals surface area contributed by atoms with Gasteiger partial charge in [-0.05, 0) is 57.4 Å². The number of nitrogens with one attached hydrogen (secondary N) is 1. The fourth-order valence-corrected chi connectivity index (χ4v) is 4.58. The Morgan fingerprint density at radius 1 is 1.31 bits per heavy atom. The van der Waals surface area contributed by atoms with Gasteiger partial charge in [0.2, 0.25) is 5.95 Å². The Morgan fingerprint density at radius 2 is 2.08 bits per heavy atom. The van der Waals surface area contributed by atoms with E-state index in [0.29, 0.717) is 12.4 Å². The fourth-order valence-electron chi connectivity index (χ4n) is 3.92. The first kappa shape index (κ1) is 17.2. The van der Waals surface area contributed by atoms with E-state index in [2.05, 4.69) is 30.5 Å². The molecule has 0 amide bonds. The van der Waals surface area contributed by atoms with Crippen LogP contribution < -0.4 is 10.2 Å². The molecule has 2 aromatic rings. The summed E-state index contributed by atoms with van der Waals surface area (Å²) in [6, 6.07) is 4.39. The predicted molar refractivity (Wildman–Crippen MR) is 103 cm³/mol. The smallest absolute Gasteiger partial charge is 0.229 e. The average Bonchev–Trinajstić information content (AvgIpc) is 3.25. The van der Waals surface area contributed by atoms with Crippen LogP contribution in [0.25, 0.3) is 0 Å². The van der Waals surface area contributed by atoms with Crippen LogP contribution in [0.2, 0.25) is 0 Å². The number of nitrogens with zero attached hydrogens (tertiary/aromatic N) is 6. The maximum atomic E-state index is 9.31. The molecule has 2 fully saturated rings. The van der Waals surface area contributed by atoms with Crippen LogP contribution >= 0.6 is 11.5 Å². The van der Waals surface area contributed by atoms with Crippen LogP contribution in [0.1, 0.15) is 30.5 Å². The van der Waals surface area contributed by atoms with E-state index in [1.165, 1.54) is 24.4 Å². The van der Waals surface area contributed by atoms with Crippen molar-refractivity contribution in [1.29, 1.82) is 5.26 Å². The topological polar surface area (TPSA) is 81.0 Å². The maximum Gasteiger partial charge on any atom is 0.229 e. The van der Waals surface area contributed by atoms with Crippen LogP contribution in [0.15, 0.2) is 12.3 Å². The van der Waals surface area contributed by atoms with Gasteiger partial charge in [-0.15, -0.1) is 0 Å². The lowest BCUT2D eigenvalue weighted by Gasteiger charge is -2.54. The van der Waals surface area contributed by atoms with Crippen molar-refractivity contribution in [1.82, 2.24) is 19.2 Å². The van der Waals surface area contributed by atoms with Crippen LogP contribution in [0.4, 0.5) is 16.8 Å². The van der Waals surface area contributed by atoms with Gasteiger partial charge in [0.1, 0.15) is 10.8 Å². The largest absolute Gasteiger partial charge is 0.352 e. The third kappa shape index (κ3) is 3.13. The van der Waals surface area contributed by atoms with E-state index < -0.39 is 0 Å². The molecule has 0 aromatic carbocycles. The Bertz CT molecular complexity index is 828. The number of hydrogen-bond donors (Lipinski definition) is 1. The summed E-state index contributed by atoms with van der Waals surface area (Å²) in [6.07, 6.45) is 4.92. The molecule has 7 nitrogen and oxygen atoms in total. The predicted octanol–water partition coefficient (Wildman–Crippen LogP) is 2.86. The van der Waals surface area contributed by atoms with E-state index in [1.807, 2.05) is 26.1 Å². The van der Waals surface area contributed by atoms with Crippen molar-refractivity contribution >= 4 is 28.3 Å². The summed E-state index contributed by atoms with van der Waals surface area (Å²) < 4.78 is 4.28. The summed E-state index contributed by atoms with van der Waals surface area (Å²) in [7, 11) is 0. The van der Waals surface area contributed by atoms with E-state index in [4.69, 9.17) is 4.98 Å². The van der Waals surface area contributed by atoms with Gasteiger partial charge >= 0.3 is 0 Å².